The van der Waals surface area contributed by atoms with E-state index in [2.05, 4.69) is 4.90 Å². The van der Waals surface area contributed by atoms with Crippen LogP contribution in [-0.4, -0.2) is 36.2 Å². The van der Waals surface area contributed by atoms with E-state index in [1.807, 2.05) is 6.08 Å². The zero-order chi connectivity index (χ0) is 14.6. The predicted octanol–water partition coefficient (Wildman–Crippen LogP) is 3.60. The van der Waals surface area contributed by atoms with Crippen molar-refractivity contribution >= 4 is 18.0 Å². The monoisotopic (exact) mass is 321 g/mol. The third-order valence-corrected chi connectivity index (χ3v) is 3.49. The summed E-state index contributed by atoms with van der Waals surface area (Å²) in [5, 5.41) is 8.79. The molecule has 118 valence electrons. The molecule has 1 N–H and O–H groups in total. The first-order valence-electron chi connectivity index (χ1n) is 6.70. The number of halogens is 4. The van der Waals surface area contributed by atoms with E-state index < -0.39 is 11.7 Å². The standard InChI is InChI=1S/C15H18F3NO.ClH/c16-15(17,18)14-4-1-3-13(11-14)12-5-8-19(9-6-12)7-2-10-20;/h1,3-5,11,20H,2,6-10H2;1H. The van der Waals surface area contributed by atoms with Gasteiger partial charge in [-0.05, 0) is 36.1 Å². The van der Waals surface area contributed by atoms with E-state index in [4.69, 9.17) is 5.11 Å². The van der Waals surface area contributed by atoms with E-state index in [9.17, 15) is 13.2 Å². The van der Waals surface area contributed by atoms with Crippen LogP contribution >= 0.6 is 12.4 Å². The Hall–Kier alpha value is -1.04. The van der Waals surface area contributed by atoms with E-state index in [0.29, 0.717) is 5.56 Å². The molecule has 1 aromatic carbocycles. The fraction of sp³-hybridized carbons (Fsp3) is 0.467. The van der Waals surface area contributed by atoms with Gasteiger partial charge in [0, 0.05) is 26.2 Å². The number of hydrogen-bond acceptors (Lipinski definition) is 2. The topological polar surface area (TPSA) is 23.5 Å². The number of aliphatic hydroxyl groups is 1. The molecule has 2 nitrogen and oxygen atoms in total. The Bertz CT molecular complexity index is 488. The quantitative estimate of drug-likeness (QED) is 0.916. The van der Waals surface area contributed by atoms with E-state index in [0.717, 1.165) is 44.1 Å². The van der Waals surface area contributed by atoms with E-state index in [-0.39, 0.29) is 19.0 Å². The summed E-state index contributed by atoms with van der Waals surface area (Å²) in [6.07, 6.45) is -0.839. The first-order valence-corrected chi connectivity index (χ1v) is 6.70. The molecular weight excluding hydrogens is 303 g/mol. The second kappa shape index (κ2) is 7.82. The average molecular weight is 322 g/mol. The second-order valence-corrected chi connectivity index (χ2v) is 4.94. The minimum atomic E-state index is -4.29. The van der Waals surface area contributed by atoms with E-state index in [1.165, 1.54) is 12.1 Å². The van der Waals surface area contributed by atoms with Crippen molar-refractivity contribution in [3.8, 4) is 0 Å². The van der Waals surface area contributed by atoms with Crippen molar-refractivity contribution in [3.05, 3.63) is 41.5 Å². The molecule has 0 unspecified atom stereocenters. The van der Waals surface area contributed by atoms with Crippen molar-refractivity contribution in [1.82, 2.24) is 4.90 Å². The van der Waals surface area contributed by atoms with Gasteiger partial charge in [0.25, 0.3) is 0 Å². The van der Waals surface area contributed by atoms with Crippen LogP contribution in [0.5, 0.6) is 0 Å². The highest BCUT2D eigenvalue weighted by Gasteiger charge is 2.30. The molecule has 6 heteroatoms. The third kappa shape index (κ3) is 5.02. The normalized spacial score (nSPS) is 16.3. The Morgan fingerprint density at radius 3 is 2.57 bits per heavy atom. The van der Waals surface area contributed by atoms with Crippen LogP contribution in [0.3, 0.4) is 0 Å². The molecule has 21 heavy (non-hydrogen) atoms. The molecule has 0 atom stereocenters. The zero-order valence-electron chi connectivity index (χ0n) is 11.6. The van der Waals surface area contributed by atoms with Crippen LogP contribution in [0.4, 0.5) is 13.2 Å². The molecule has 2 rings (SSSR count). The highest BCUT2D eigenvalue weighted by Crippen LogP contribution is 2.32. The highest BCUT2D eigenvalue weighted by atomic mass is 35.5. The van der Waals surface area contributed by atoms with Gasteiger partial charge in [-0.25, -0.2) is 0 Å². The molecule has 0 aromatic heterocycles. The Balaban J connectivity index is 0.00000220. The Kier molecular flexibility index (Phi) is 6.71. The summed E-state index contributed by atoms with van der Waals surface area (Å²) < 4.78 is 38.1. The number of benzene rings is 1. The predicted molar refractivity (Wildman–Crippen MR) is 79.4 cm³/mol. The van der Waals surface area contributed by atoms with Gasteiger partial charge in [-0.1, -0.05) is 18.2 Å². The summed E-state index contributed by atoms with van der Waals surface area (Å²) >= 11 is 0. The van der Waals surface area contributed by atoms with Gasteiger partial charge < -0.3 is 5.11 Å². The molecule has 0 bridgehead atoms. The van der Waals surface area contributed by atoms with Crippen molar-refractivity contribution in [2.75, 3.05) is 26.2 Å². The molecule has 0 fully saturated rings. The van der Waals surface area contributed by atoms with Crippen LogP contribution in [0.15, 0.2) is 30.3 Å². The van der Waals surface area contributed by atoms with Crippen molar-refractivity contribution in [3.63, 3.8) is 0 Å². The van der Waals surface area contributed by atoms with Crippen molar-refractivity contribution < 1.29 is 18.3 Å². The Morgan fingerprint density at radius 2 is 2.00 bits per heavy atom. The second-order valence-electron chi connectivity index (χ2n) is 4.94. The van der Waals surface area contributed by atoms with Gasteiger partial charge in [-0.15, -0.1) is 12.4 Å². The molecule has 1 aliphatic rings. The fourth-order valence-corrected chi connectivity index (χ4v) is 2.37. The molecule has 0 radical (unpaired) electrons. The lowest BCUT2D eigenvalue weighted by Gasteiger charge is -2.26. The van der Waals surface area contributed by atoms with Crippen LogP contribution < -0.4 is 0 Å². The van der Waals surface area contributed by atoms with E-state index >= 15 is 0 Å². The Morgan fingerprint density at radius 1 is 1.24 bits per heavy atom. The van der Waals surface area contributed by atoms with Gasteiger partial charge in [0.2, 0.25) is 0 Å². The maximum Gasteiger partial charge on any atom is 0.416 e. The molecule has 1 heterocycles. The zero-order valence-corrected chi connectivity index (χ0v) is 12.4. The number of alkyl halides is 3. The van der Waals surface area contributed by atoms with Crippen LogP contribution in [0, 0.1) is 0 Å². The van der Waals surface area contributed by atoms with Crippen LogP contribution in [-0.2, 0) is 6.18 Å². The lowest BCUT2D eigenvalue weighted by molar-refractivity contribution is -0.137. The lowest BCUT2D eigenvalue weighted by atomic mass is 9.97. The largest absolute Gasteiger partial charge is 0.416 e. The summed E-state index contributed by atoms with van der Waals surface area (Å²) in [6.45, 7) is 2.54. The number of rotatable bonds is 4. The van der Waals surface area contributed by atoms with Gasteiger partial charge in [0.05, 0.1) is 5.56 Å². The molecule has 1 aliphatic heterocycles. The summed E-state index contributed by atoms with van der Waals surface area (Å²) in [7, 11) is 0. The highest BCUT2D eigenvalue weighted by molar-refractivity contribution is 5.85. The van der Waals surface area contributed by atoms with Crippen LogP contribution in [0.25, 0.3) is 5.57 Å². The minimum Gasteiger partial charge on any atom is -0.396 e. The van der Waals surface area contributed by atoms with Gasteiger partial charge in [0.15, 0.2) is 0 Å². The summed E-state index contributed by atoms with van der Waals surface area (Å²) in [4.78, 5) is 2.19. The van der Waals surface area contributed by atoms with E-state index in [1.54, 1.807) is 6.07 Å². The molecule has 0 spiro atoms. The van der Waals surface area contributed by atoms with Gasteiger partial charge in [-0.3, -0.25) is 4.90 Å². The van der Waals surface area contributed by atoms with Crippen LogP contribution in [0.1, 0.15) is 24.0 Å². The average Bonchev–Trinajstić information content (AvgIpc) is 2.45. The van der Waals surface area contributed by atoms with Crippen molar-refractivity contribution in [1.29, 1.82) is 0 Å². The van der Waals surface area contributed by atoms with Crippen molar-refractivity contribution in [2.24, 2.45) is 0 Å². The smallest absolute Gasteiger partial charge is 0.396 e. The molecule has 0 aliphatic carbocycles. The van der Waals surface area contributed by atoms with Crippen molar-refractivity contribution in [2.45, 2.75) is 19.0 Å². The minimum absolute atomic E-state index is 0. The first-order chi connectivity index (χ1) is 9.50. The fourth-order valence-electron chi connectivity index (χ4n) is 2.37. The lowest BCUT2D eigenvalue weighted by Crippen LogP contribution is -2.29. The van der Waals surface area contributed by atoms with Crippen LogP contribution in [0.2, 0.25) is 0 Å². The molecule has 0 saturated heterocycles. The molecule has 0 saturated carbocycles. The third-order valence-electron chi connectivity index (χ3n) is 3.49. The number of hydrogen-bond donors (Lipinski definition) is 1. The Labute approximate surface area is 128 Å². The first kappa shape index (κ1) is 18.0. The summed E-state index contributed by atoms with van der Waals surface area (Å²) in [5.41, 5.74) is 1.02. The van der Waals surface area contributed by atoms with Gasteiger partial charge in [-0.2, -0.15) is 13.2 Å². The summed E-state index contributed by atoms with van der Waals surface area (Å²) in [6, 6.07) is 5.50. The van der Waals surface area contributed by atoms with Gasteiger partial charge >= 0.3 is 6.18 Å². The SMILES string of the molecule is Cl.OCCCN1CC=C(c2cccc(C(F)(F)F)c2)CC1. The number of nitrogens with zero attached hydrogens (tertiary/aromatic N) is 1. The maximum absolute atomic E-state index is 12.7. The maximum atomic E-state index is 12.7. The molecule has 1 aromatic rings. The molecule has 0 amide bonds. The number of aliphatic hydroxyl groups excluding tert-OH is 1. The summed E-state index contributed by atoms with van der Waals surface area (Å²) in [5.74, 6) is 0. The molecular formula is C15H19ClF3NO. The van der Waals surface area contributed by atoms with Gasteiger partial charge in [0.1, 0.15) is 0 Å².